The molecular weight excluding hydrogens is 212 g/mol. The summed E-state index contributed by atoms with van der Waals surface area (Å²) in [4.78, 5) is 2.51. The zero-order valence-corrected chi connectivity index (χ0v) is 10.1. The van der Waals surface area contributed by atoms with E-state index in [1.54, 1.807) is 0 Å². The summed E-state index contributed by atoms with van der Waals surface area (Å²) in [6.07, 6.45) is 3.40. The summed E-state index contributed by atoms with van der Waals surface area (Å²) in [6, 6.07) is 9.32. The standard InChI is InChI=1S/C14H20N2O/c15-13-5-3-8-16(11-7-9-17-10-11)14-6-2-1-4-12(13)14/h1-2,4,6,11,13H,3,5,7-10,15H2. The molecule has 17 heavy (non-hydrogen) atoms. The minimum absolute atomic E-state index is 0.193. The zero-order chi connectivity index (χ0) is 11.7. The molecule has 3 rings (SSSR count). The van der Waals surface area contributed by atoms with Gasteiger partial charge in [-0.15, -0.1) is 0 Å². The fourth-order valence-electron chi connectivity index (χ4n) is 2.97. The summed E-state index contributed by atoms with van der Waals surface area (Å²) in [5.41, 5.74) is 8.88. The zero-order valence-electron chi connectivity index (χ0n) is 10.1. The summed E-state index contributed by atoms with van der Waals surface area (Å²) in [5.74, 6) is 0. The van der Waals surface area contributed by atoms with Crippen LogP contribution < -0.4 is 10.6 Å². The normalized spacial score (nSPS) is 28.9. The van der Waals surface area contributed by atoms with Gasteiger partial charge in [0.1, 0.15) is 0 Å². The number of nitrogens with zero attached hydrogens (tertiary/aromatic N) is 1. The molecule has 2 heterocycles. The number of fused-ring (bicyclic) bond motifs is 1. The van der Waals surface area contributed by atoms with Crippen LogP contribution >= 0.6 is 0 Å². The van der Waals surface area contributed by atoms with Gasteiger partial charge in [-0.3, -0.25) is 0 Å². The molecular formula is C14H20N2O. The summed E-state index contributed by atoms with van der Waals surface area (Å²) >= 11 is 0. The lowest BCUT2D eigenvalue weighted by atomic mass is 10.0. The van der Waals surface area contributed by atoms with E-state index >= 15 is 0 Å². The van der Waals surface area contributed by atoms with Gasteiger partial charge < -0.3 is 15.4 Å². The molecule has 92 valence electrons. The van der Waals surface area contributed by atoms with E-state index in [1.807, 2.05) is 0 Å². The quantitative estimate of drug-likeness (QED) is 0.805. The molecule has 0 saturated carbocycles. The van der Waals surface area contributed by atoms with Gasteiger partial charge in [-0.05, 0) is 30.9 Å². The number of hydrogen-bond donors (Lipinski definition) is 1. The van der Waals surface area contributed by atoms with Gasteiger partial charge in [0.05, 0.1) is 12.6 Å². The highest BCUT2D eigenvalue weighted by atomic mass is 16.5. The van der Waals surface area contributed by atoms with Crippen LogP contribution in [0.25, 0.3) is 0 Å². The molecule has 3 nitrogen and oxygen atoms in total. The van der Waals surface area contributed by atoms with Crippen LogP contribution in [0.1, 0.15) is 30.9 Å². The Morgan fingerprint density at radius 1 is 1.24 bits per heavy atom. The molecule has 0 spiro atoms. The predicted octanol–water partition coefficient (Wildman–Crippen LogP) is 2.08. The summed E-state index contributed by atoms with van der Waals surface area (Å²) in [6.45, 7) is 2.87. The first-order valence-electron chi connectivity index (χ1n) is 6.55. The first-order valence-corrected chi connectivity index (χ1v) is 6.55. The van der Waals surface area contributed by atoms with Crippen LogP contribution in [0.5, 0.6) is 0 Å². The predicted molar refractivity (Wildman–Crippen MR) is 69.2 cm³/mol. The van der Waals surface area contributed by atoms with Crippen molar-refractivity contribution in [1.29, 1.82) is 0 Å². The highest BCUT2D eigenvalue weighted by Crippen LogP contribution is 2.33. The lowest BCUT2D eigenvalue weighted by Gasteiger charge is -2.30. The second kappa shape index (κ2) is 4.67. The van der Waals surface area contributed by atoms with E-state index in [0.29, 0.717) is 6.04 Å². The molecule has 0 aromatic heterocycles. The van der Waals surface area contributed by atoms with Gasteiger partial charge in [0.25, 0.3) is 0 Å². The van der Waals surface area contributed by atoms with Gasteiger partial charge in [-0.25, -0.2) is 0 Å². The van der Waals surface area contributed by atoms with E-state index < -0.39 is 0 Å². The molecule has 0 radical (unpaired) electrons. The van der Waals surface area contributed by atoms with Gasteiger partial charge in [-0.1, -0.05) is 18.2 Å². The lowest BCUT2D eigenvalue weighted by molar-refractivity contribution is 0.193. The van der Waals surface area contributed by atoms with Crippen molar-refractivity contribution in [3.8, 4) is 0 Å². The Balaban J connectivity index is 1.96. The van der Waals surface area contributed by atoms with E-state index in [4.69, 9.17) is 10.5 Å². The van der Waals surface area contributed by atoms with Gasteiger partial charge in [0, 0.05) is 24.9 Å². The summed E-state index contributed by atoms with van der Waals surface area (Å²) < 4.78 is 5.52. The summed E-state index contributed by atoms with van der Waals surface area (Å²) in [5, 5.41) is 0. The first-order chi connectivity index (χ1) is 8.36. The molecule has 1 aromatic rings. The Morgan fingerprint density at radius 2 is 2.12 bits per heavy atom. The number of ether oxygens (including phenoxy) is 1. The average molecular weight is 232 g/mol. The lowest BCUT2D eigenvalue weighted by Crippen LogP contribution is -2.36. The number of hydrogen-bond acceptors (Lipinski definition) is 3. The third-order valence-electron chi connectivity index (χ3n) is 3.91. The van der Waals surface area contributed by atoms with Crippen molar-refractivity contribution in [2.45, 2.75) is 31.3 Å². The van der Waals surface area contributed by atoms with Crippen molar-refractivity contribution in [2.24, 2.45) is 5.73 Å². The second-order valence-corrected chi connectivity index (χ2v) is 5.02. The van der Waals surface area contributed by atoms with E-state index in [2.05, 4.69) is 29.2 Å². The Morgan fingerprint density at radius 3 is 2.94 bits per heavy atom. The van der Waals surface area contributed by atoms with Crippen LogP contribution in [-0.4, -0.2) is 25.8 Å². The molecule has 1 fully saturated rings. The fraction of sp³-hybridized carbons (Fsp3) is 0.571. The second-order valence-electron chi connectivity index (χ2n) is 5.02. The molecule has 2 unspecified atom stereocenters. The molecule has 1 aromatic carbocycles. The molecule has 2 N–H and O–H groups in total. The van der Waals surface area contributed by atoms with Gasteiger partial charge in [-0.2, -0.15) is 0 Å². The van der Waals surface area contributed by atoms with Crippen LogP contribution in [0.3, 0.4) is 0 Å². The largest absolute Gasteiger partial charge is 0.379 e. The Labute approximate surface area is 103 Å². The summed E-state index contributed by atoms with van der Waals surface area (Å²) in [7, 11) is 0. The molecule has 0 aliphatic carbocycles. The number of nitrogens with two attached hydrogens (primary N) is 1. The minimum Gasteiger partial charge on any atom is -0.379 e. The van der Waals surface area contributed by atoms with Crippen LogP contribution in [0, 0.1) is 0 Å². The van der Waals surface area contributed by atoms with Crippen molar-refractivity contribution in [3.63, 3.8) is 0 Å². The van der Waals surface area contributed by atoms with Crippen LogP contribution in [0.2, 0.25) is 0 Å². The molecule has 1 saturated heterocycles. The van der Waals surface area contributed by atoms with E-state index in [9.17, 15) is 0 Å². The molecule has 0 amide bonds. The topological polar surface area (TPSA) is 38.5 Å². The highest BCUT2D eigenvalue weighted by Gasteiger charge is 2.27. The first kappa shape index (κ1) is 11.1. The van der Waals surface area contributed by atoms with E-state index in [1.165, 1.54) is 17.7 Å². The maximum atomic E-state index is 6.25. The Bertz CT molecular complexity index is 388. The van der Waals surface area contributed by atoms with Crippen LogP contribution in [0.15, 0.2) is 24.3 Å². The fourth-order valence-corrected chi connectivity index (χ4v) is 2.97. The minimum atomic E-state index is 0.193. The molecule has 2 atom stereocenters. The smallest absolute Gasteiger partial charge is 0.0670 e. The number of anilines is 1. The Hall–Kier alpha value is -1.06. The van der Waals surface area contributed by atoms with Crippen molar-refractivity contribution in [1.82, 2.24) is 0 Å². The number of rotatable bonds is 1. The molecule has 2 aliphatic rings. The van der Waals surface area contributed by atoms with E-state index in [0.717, 1.165) is 32.6 Å². The monoisotopic (exact) mass is 232 g/mol. The van der Waals surface area contributed by atoms with Gasteiger partial charge >= 0.3 is 0 Å². The molecule has 2 aliphatic heterocycles. The molecule has 3 heteroatoms. The highest BCUT2D eigenvalue weighted by molar-refractivity contribution is 5.56. The van der Waals surface area contributed by atoms with Crippen molar-refractivity contribution in [2.75, 3.05) is 24.7 Å². The van der Waals surface area contributed by atoms with Crippen LogP contribution in [-0.2, 0) is 4.74 Å². The number of para-hydroxylation sites is 1. The van der Waals surface area contributed by atoms with Gasteiger partial charge in [0.15, 0.2) is 0 Å². The van der Waals surface area contributed by atoms with Crippen molar-refractivity contribution < 1.29 is 4.74 Å². The molecule has 0 bridgehead atoms. The average Bonchev–Trinajstić information content (AvgIpc) is 2.83. The van der Waals surface area contributed by atoms with E-state index in [-0.39, 0.29) is 6.04 Å². The maximum Gasteiger partial charge on any atom is 0.0670 e. The van der Waals surface area contributed by atoms with Crippen molar-refractivity contribution >= 4 is 5.69 Å². The van der Waals surface area contributed by atoms with Crippen LogP contribution in [0.4, 0.5) is 5.69 Å². The Kier molecular flexibility index (Phi) is 3.04. The van der Waals surface area contributed by atoms with Crippen molar-refractivity contribution in [3.05, 3.63) is 29.8 Å². The third kappa shape index (κ3) is 2.05. The number of benzene rings is 1. The van der Waals surface area contributed by atoms with Gasteiger partial charge in [0.2, 0.25) is 0 Å². The third-order valence-corrected chi connectivity index (χ3v) is 3.91. The maximum absolute atomic E-state index is 6.25. The SMILES string of the molecule is NC1CCCN(C2CCOC2)c2ccccc21.